The number of ether oxygens (including phenoxy) is 1. The topological polar surface area (TPSA) is 89.6 Å². The maximum Gasteiger partial charge on any atom is 0.276 e. The van der Waals surface area contributed by atoms with Crippen molar-refractivity contribution in [3.8, 4) is 0 Å². The molecule has 1 aliphatic rings. The molecular formula is C29H35FN4O2. The van der Waals surface area contributed by atoms with Gasteiger partial charge >= 0.3 is 0 Å². The monoisotopic (exact) mass is 490 g/mol. The molecule has 36 heavy (non-hydrogen) atoms. The molecule has 3 unspecified atom stereocenters. The Morgan fingerprint density at radius 3 is 2.89 bits per heavy atom. The number of aromatic nitrogens is 1. The Hall–Kier alpha value is -3.58. The van der Waals surface area contributed by atoms with E-state index < -0.39 is 5.91 Å². The second-order valence-corrected chi connectivity index (χ2v) is 9.35. The first-order valence-corrected chi connectivity index (χ1v) is 12.2. The summed E-state index contributed by atoms with van der Waals surface area (Å²) in [5, 5.41) is 2.91. The molecule has 6 nitrogen and oxygen atoms in total. The van der Waals surface area contributed by atoms with Gasteiger partial charge in [0, 0.05) is 17.5 Å². The molecule has 0 bridgehead atoms. The fourth-order valence-corrected chi connectivity index (χ4v) is 4.32. The van der Waals surface area contributed by atoms with E-state index in [1.807, 2.05) is 26.0 Å². The number of carbonyl (C=O) groups excluding carboxylic acids is 1. The van der Waals surface area contributed by atoms with Gasteiger partial charge in [0.1, 0.15) is 5.82 Å². The Morgan fingerprint density at radius 1 is 1.42 bits per heavy atom. The molecule has 3 N–H and O–H groups in total. The zero-order valence-electron chi connectivity index (χ0n) is 21.4. The number of anilines is 1. The lowest BCUT2D eigenvalue weighted by atomic mass is 9.85. The van der Waals surface area contributed by atoms with E-state index in [4.69, 9.17) is 10.5 Å². The molecule has 0 aliphatic heterocycles. The van der Waals surface area contributed by atoms with Gasteiger partial charge in [-0.15, -0.1) is 0 Å². The van der Waals surface area contributed by atoms with Gasteiger partial charge in [0.25, 0.3) is 5.91 Å². The molecule has 1 aromatic heterocycles. The lowest BCUT2D eigenvalue weighted by Crippen LogP contribution is -2.28. The number of hydrogen-bond acceptors (Lipinski definition) is 5. The molecule has 2 aromatic rings. The van der Waals surface area contributed by atoms with Crippen LogP contribution in [0.1, 0.15) is 51.7 Å². The highest BCUT2D eigenvalue weighted by Gasteiger charge is 2.25. The summed E-state index contributed by atoms with van der Waals surface area (Å²) >= 11 is 0. The van der Waals surface area contributed by atoms with Crippen molar-refractivity contribution in [2.75, 3.05) is 5.32 Å². The van der Waals surface area contributed by atoms with Crippen LogP contribution in [0.25, 0.3) is 5.57 Å². The lowest BCUT2D eigenvalue weighted by molar-refractivity contribution is -0.110. The van der Waals surface area contributed by atoms with E-state index in [-0.39, 0.29) is 29.4 Å². The SMILES string of the molecule is C=C(N)C(=N/C(C)=C\C)C(=O)Nc1cnccc1C1=CC(OC(C)Cc2cccc(F)c2)CC(C)C1. The highest BCUT2D eigenvalue weighted by molar-refractivity contribution is 6.48. The van der Waals surface area contributed by atoms with Crippen LogP contribution < -0.4 is 11.1 Å². The standard InChI is InChI=1S/C29H35FN4O2/c1-6-19(3)33-28(21(5)31)29(35)34-27-17-32-11-10-26(27)23-12-18(2)13-25(16-23)36-20(4)14-22-8-7-9-24(30)15-22/h6-11,15-18,20,25H,5,12-14,31H2,1-4H3,(H,34,35)/b19-6-,33-28?. The summed E-state index contributed by atoms with van der Waals surface area (Å²) < 4.78 is 19.9. The maximum absolute atomic E-state index is 13.6. The summed E-state index contributed by atoms with van der Waals surface area (Å²) in [7, 11) is 0. The van der Waals surface area contributed by atoms with Gasteiger partial charge in [-0.05, 0) is 75.3 Å². The first-order valence-electron chi connectivity index (χ1n) is 12.2. The third kappa shape index (κ3) is 7.46. The Bertz CT molecular complexity index is 1200. The lowest BCUT2D eigenvalue weighted by Gasteiger charge is -2.29. The molecule has 0 saturated carbocycles. The third-order valence-electron chi connectivity index (χ3n) is 6.05. The van der Waals surface area contributed by atoms with Gasteiger partial charge in [0.2, 0.25) is 0 Å². The van der Waals surface area contributed by atoms with E-state index >= 15 is 0 Å². The number of pyridine rings is 1. The molecule has 190 valence electrons. The quantitative estimate of drug-likeness (QED) is 0.433. The third-order valence-corrected chi connectivity index (χ3v) is 6.05. The predicted octanol–water partition coefficient (Wildman–Crippen LogP) is 5.83. The molecule has 0 saturated heterocycles. The second-order valence-electron chi connectivity index (χ2n) is 9.35. The van der Waals surface area contributed by atoms with Crippen molar-refractivity contribution in [2.45, 2.75) is 59.2 Å². The number of benzene rings is 1. The van der Waals surface area contributed by atoms with Crippen molar-refractivity contribution in [1.29, 1.82) is 0 Å². The fourth-order valence-electron chi connectivity index (χ4n) is 4.32. The highest BCUT2D eigenvalue weighted by Crippen LogP contribution is 2.35. The number of halogens is 1. The first-order chi connectivity index (χ1) is 17.2. The minimum atomic E-state index is -0.445. The van der Waals surface area contributed by atoms with Crippen molar-refractivity contribution in [3.63, 3.8) is 0 Å². The average molecular weight is 491 g/mol. The summed E-state index contributed by atoms with van der Waals surface area (Å²) in [4.78, 5) is 21.5. The van der Waals surface area contributed by atoms with Crippen molar-refractivity contribution in [2.24, 2.45) is 16.6 Å². The largest absolute Gasteiger partial charge is 0.397 e. The van der Waals surface area contributed by atoms with E-state index in [1.165, 1.54) is 6.07 Å². The number of allylic oxidation sites excluding steroid dienone is 3. The van der Waals surface area contributed by atoms with Gasteiger partial charge in [-0.1, -0.05) is 37.8 Å². The van der Waals surface area contributed by atoms with Crippen molar-refractivity contribution >= 4 is 22.9 Å². The molecule has 0 fully saturated rings. The number of hydrogen-bond donors (Lipinski definition) is 2. The first kappa shape index (κ1) is 27.0. The van der Waals surface area contributed by atoms with Gasteiger partial charge in [-0.3, -0.25) is 9.78 Å². The zero-order valence-corrected chi connectivity index (χ0v) is 21.4. The second kappa shape index (κ2) is 12.4. The summed E-state index contributed by atoms with van der Waals surface area (Å²) in [6.07, 6.45) is 9.40. The Kier molecular flexibility index (Phi) is 9.31. The zero-order chi connectivity index (χ0) is 26.2. The molecule has 7 heteroatoms. The number of aliphatic imine (C=N–C) groups is 1. The van der Waals surface area contributed by atoms with Gasteiger partial charge in [-0.2, -0.15) is 0 Å². The molecule has 0 spiro atoms. The van der Waals surface area contributed by atoms with Crippen LogP contribution in [0.2, 0.25) is 0 Å². The van der Waals surface area contributed by atoms with E-state index in [9.17, 15) is 9.18 Å². The number of nitrogens with one attached hydrogen (secondary N) is 1. The average Bonchev–Trinajstić information content (AvgIpc) is 2.81. The summed E-state index contributed by atoms with van der Waals surface area (Å²) in [6.45, 7) is 11.5. The van der Waals surface area contributed by atoms with Gasteiger partial charge in [0.05, 0.1) is 29.8 Å². The molecule has 0 radical (unpaired) electrons. The van der Waals surface area contributed by atoms with Crippen LogP contribution in [0.4, 0.5) is 10.1 Å². The maximum atomic E-state index is 13.6. The number of rotatable bonds is 9. The van der Waals surface area contributed by atoms with Crippen LogP contribution in [0.5, 0.6) is 0 Å². The van der Waals surface area contributed by atoms with Crippen LogP contribution in [0.3, 0.4) is 0 Å². The van der Waals surface area contributed by atoms with Crippen LogP contribution >= 0.6 is 0 Å². The number of nitrogens with zero attached hydrogens (tertiary/aromatic N) is 2. The molecule has 3 rings (SSSR count). The predicted molar refractivity (Wildman–Crippen MR) is 144 cm³/mol. The van der Waals surface area contributed by atoms with Gasteiger partial charge in [0.15, 0.2) is 5.71 Å². The summed E-state index contributed by atoms with van der Waals surface area (Å²) in [6, 6.07) is 8.50. The smallest absolute Gasteiger partial charge is 0.276 e. The number of carbonyl (C=O) groups is 1. The Labute approximate surface area is 212 Å². The molecule has 1 amide bonds. The van der Waals surface area contributed by atoms with Crippen LogP contribution in [0, 0.1) is 11.7 Å². The fraction of sp³-hybridized carbons (Fsp3) is 0.345. The number of amides is 1. The minimum Gasteiger partial charge on any atom is -0.397 e. The van der Waals surface area contributed by atoms with E-state index in [1.54, 1.807) is 37.5 Å². The van der Waals surface area contributed by atoms with Crippen molar-refractivity contribution < 1.29 is 13.9 Å². The van der Waals surface area contributed by atoms with Crippen molar-refractivity contribution in [1.82, 2.24) is 4.98 Å². The Morgan fingerprint density at radius 2 is 2.19 bits per heavy atom. The normalized spacial score (nSPS) is 19.4. The van der Waals surface area contributed by atoms with E-state index in [0.717, 1.165) is 29.5 Å². The molecule has 1 aliphatic carbocycles. The van der Waals surface area contributed by atoms with Gasteiger partial charge < -0.3 is 15.8 Å². The number of nitrogens with two attached hydrogens (primary N) is 1. The van der Waals surface area contributed by atoms with Crippen molar-refractivity contribution in [3.05, 3.63) is 89.8 Å². The molecule has 1 aromatic carbocycles. The van der Waals surface area contributed by atoms with E-state index in [0.29, 0.717) is 23.7 Å². The summed E-state index contributed by atoms with van der Waals surface area (Å²) in [5.41, 5.74) is 10.1. The highest BCUT2D eigenvalue weighted by atomic mass is 19.1. The minimum absolute atomic E-state index is 0.0683. The van der Waals surface area contributed by atoms with Gasteiger partial charge in [-0.25, -0.2) is 9.38 Å². The Balaban J connectivity index is 1.81. The molecular weight excluding hydrogens is 455 g/mol. The van der Waals surface area contributed by atoms with Crippen LogP contribution in [0.15, 0.2) is 77.8 Å². The van der Waals surface area contributed by atoms with Crippen LogP contribution in [-0.2, 0) is 16.0 Å². The van der Waals surface area contributed by atoms with Crippen LogP contribution in [-0.4, -0.2) is 28.8 Å². The van der Waals surface area contributed by atoms with E-state index in [2.05, 4.69) is 34.9 Å². The molecule has 3 atom stereocenters. The summed E-state index contributed by atoms with van der Waals surface area (Å²) in [5.74, 6) is -0.307. The molecule has 1 heterocycles.